The van der Waals surface area contributed by atoms with Crippen molar-refractivity contribution in [1.29, 1.82) is 0 Å². The standard InChI is InChI=1S/C20H20BrN5S/c21-15-6-7-18-14(12-15)13-22-25-19(18)26-10-8-17(9-11-26)24-20(27)23-16-4-2-1-3-5-16/h1-7,12-13,17H,8-11H2,(H2,23,24,27). The summed E-state index contributed by atoms with van der Waals surface area (Å²) in [5, 5.41) is 18.2. The smallest absolute Gasteiger partial charge is 0.170 e. The number of rotatable bonds is 3. The lowest BCUT2D eigenvalue weighted by molar-refractivity contribution is 0.466. The van der Waals surface area contributed by atoms with Gasteiger partial charge in [0.05, 0.1) is 6.20 Å². The molecular weight excluding hydrogens is 422 g/mol. The van der Waals surface area contributed by atoms with Gasteiger partial charge in [-0.1, -0.05) is 34.1 Å². The van der Waals surface area contributed by atoms with Crippen molar-refractivity contribution in [2.24, 2.45) is 0 Å². The van der Waals surface area contributed by atoms with Crippen molar-refractivity contribution in [3.05, 3.63) is 59.2 Å². The van der Waals surface area contributed by atoms with Crippen LogP contribution < -0.4 is 15.5 Å². The highest BCUT2D eigenvalue weighted by Gasteiger charge is 2.22. The van der Waals surface area contributed by atoms with Gasteiger partial charge in [0.15, 0.2) is 10.9 Å². The van der Waals surface area contributed by atoms with E-state index in [2.05, 4.69) is 59.9 Å². The second-order valence-corrected chi connectivity index (χ2v) is 7.95. The quantitative estimate of drug-likeness (QED) is 0.589. The van der Waals surface area contributed by atoms with Gasteiger partial charge in [0.2, 0.25) is 0 Å². The van der Waals surface area contributed by atoms with E-state index < -0.39 is 0 Å². The Kier molecular flexibility index (Phi) is 5.50. The van der Waals surface area contributed by atoms with Crippen LogP contribution in [0.1, 0.15) is 12.8 Å². The molecule has 1 aliphatic heterocycles. The number of anilines is 2. The lowest BCUT2D eigenvalue weighted by atomic mass is 10.0. The van der Waals surface area contributed by atoms with Gasteiger partial charge in [-0.05, 0) is 55.4 Å². The molecule has 0 radical (unpaired) electrons. The fourth-order valence-corrected chi connectivity index (χ4v) is 4.05. The maximum Gasteiger partial charge on any atom is 0.170 e. The Morgan fingerprint density at radius 1 is 1.11 bits per heavy atom. The van der Waals surface area contributed by atoms with Crippen LogP contribution in [0.3, 0.4) is 0 Å². The van der Waals surface area contributed by atoms with Gasteiger partial charge in [0, 0.05) is 40.1 Å². The molecule has 0 spiro atoms. The van der Waals surface area contributed by atoms with Gasteiger partial charge in [-0.3, -0.25) is 0 Å². The van der Waals surface area contributed by atoms with Crippen LogP contribution in [0.15, 0.2) is 59.2 Å². The predicted octanol–water partition coefficient (Wildman–Crippen LogP) is 4.35. The molecule has 138 valence electrons. The van der Waals surface area contributed by atoms with E-state index in [9.17, 15) is 0 Å². The molecular formula is C20H20BrN5S. The topological polar surface area (TPSA) is 53.1 Å². The summed E-state index contributed by atoms with van der Waals surface area (Å²) in [7, 11) is 0. The maximum absolute atomic E-state index is 5.45. The van der Waals surface area contributed by atoms with Gasteiger partial charge in [-0.15, -0.1) is 5.10 Å². The molecule has 3 aromatic rings. The SMILES string of the molecule is S=C(Nc1ccccc1)NC1CCN(c2nncc3cc(Br)ccc23)CC1. The highest BCUT2D eigenvalue weighted by atomic mass is 79.9. The first-order valence-electron chi connectivity index (χ1n) is 8.97. The summed E-state index contributed by atoms with van der Waals surface area (Å²) < 4.78 is 1.05. The summed E-state index contributed by atoms with van der Waals surface area (Å²) in [6, 6.07) is 16.6. The summed E-state index contributed by atoms with van der Waals surface area (Å²) >= 11 is 8.97. The lowest BCUT2D eigenvalue weighted by Gasteiger charge is -2.34. The second-order valence-electron chi connectivity index (χ2n) is 6.63. The molecule has 0 unspecified atom stereocenters. The number of benzene rings is 2. The molecule has 2 aromatic carbocycles. The fourth-order valence-electron chi connectivity index (χ4n) is 3.39. The second kappa shape index (κ2) is 8.19. The molecule has 5 nitrogen and oxygen atoms in total. The summed E-state index contributed by atoms with van der Waals surface area (Å²) in [5.41, 5.74) is 1.00. The number of nitrogens with zero attached hydrogens (tertiary/aromatic N) is 3. The van der Waals surface area contributed by atoms with Crippen molar-refractivity contribution < 1.29 is 0 Å². The zero-order valence-corrected chi connectivity index (χ0v) is 17.1. The number of nitrogens with one attached hydrogen (secondary N) is 2. The molecule has 0 atom stereocenters. The molecule has 2 heterocycles. The molecule has 0 amide bonds. The summed E-state index contributed by atoms with van der Waals surface area (Å²) in [6.45, 7) is 1.85. The van der Waals surface area contributed by atoms with Crippen LogP contribution >= 0.6 is 28.1 Å². The average Bonchev–Trinajstić information content (AvgIpc) is 2.68. The van der Waals surface area contributed by atoms with Gasteiger partial charge >= 0.3 is 0 Å². The van der Waals surface area contributed by atoms with Crippen LogP contribution in [0, 0.1) is 0 Å². The van der Waals surface area contributed by atoms with E-state index in [-0.39, 0.29) is 0 Å². The average molecular weight is 442 g/mol. The normalized spacial score (nSPS) is 14.9. The molecule has 2 N–H and O–H groups in total. The van der Waals surface area contributed by atoms with Crippen molar-refractivity contribution in [2.75, 3.05) is 23.3 Å². The zero-order chi connectivity index (χ0) is 18.6. The third-order valence-corrected chi connectivity index (χ3v) is 5.48. The molecule has 0 saturated carbocycles. The van der Waals surface area contributed by atoms with Gasteiger partial charge in [0.1, 0.15) is 0 Å². The summed E-state index contributed by atoms with van der Waals surface area (Å²) in [6.07, 6.45) is 3.82. The van der Waals surface area contributed by atoms with E-state index in [0.29, 0.717) is 11.2 Å². The maximum atomic E-state index is 5.45. The predicted molar refractivity (Wildman–Crippen MR) is 118 cm³/mol. The first-order valence-corrected chi connectivity index (χ1v) is 10.2. The lowest BCUT2D eigenvalue weighted by Crippen LogP contribution is -2.46. The third kappa shape index (κ3) is 4.36. The Morgan fingerprint density at radius 2 is 1.89 bits per heavy atom. The Hall–Kier alpha value is -2.25. The Labute approximate surface area is 172 Å². The number of halogens is 1. The summed E-state index contributed by atoms with van der Waals surface area (Å²) in [5.74, 6) is 0.962. The molecule has 1 fully saturated rings. The largest absolute Gasteiger partial charge is 0.360 e. The van der Waals surface area contributed by atoms with Crippen LogP contribution in [-0.4, -0.2) is 34.4 Å². The van der Waals surface area contributed by atoms with Crippen molar-refractivity contribution in [3.63, 3.8) is 0 Å². The van der Waals surface area contributed by atoms with Crippen LogP contribution in [0.5, 0.6) is 0 Å². The zero-order valence-electron chi connectivity index (χ0n) is 14.7. The Balaban J connectivity index is 1.37. The van der Waals surface area contributed by atoms with E-state index in [1.54, 1.807) is 0 Å². The molecule has 27 heavy (non-hydrogen) atoms. The van der Waals surface area contributed by atoms with E-state index in [1.165, 1.54) is 0 Å². The van der Waals surface area contributed by atoms with Crippen molar-refractivity contribution in [2.45, 2.75) is 18.9 Å². The molecule has 7 heteroatoms. The van der Waals surface area contributed by atoms with Crippen molar-refractivity contribution in [1.82, 2.24) is 15.5 Å². The number of hydrogen-bond donors (Lipinski definition) is 2. The van der Waals surface area contributed by atoms with Crippen molar-refractivity contribution >= 4 is 55.5 Å². The fraction of sp³-hybridized carbons (Fsp3) is 0.250. The van der Waals surface area contributed by atoms with Gasteiger partial charge in [-0.25, -0.2) is 0 Å². The van der Waals surface area contributed by atoms with Crippen LogP contribution in [-0.2, 0) is 0 Å². The minimum atomic E-state index is 0.363. The van der Waals surface area contributed by atoms with Gasteiger partial charge in [-0.2, -0.15) is 5.10 Å². The molecule has 1 aliphatic rings. The number of piperidine rings is 1. The number of para-hydroxylation sites is 1. The van der Waals surface area contributed by atoms with E-state index in [1.807, 2.05) is 36.5 Å². The van der Waals surface area contributed by atoms with Crippen LogP contribution in [0.4, 0.5) is 11.5 Å². The van der Waals surface area contributed by atoms with Crippen LogP contribution in [0.25, 0.3) is 10.8 Å². The number of hydrogen-bond acceptors (Lipinski definition) is 4. The minimum absolute atomic E-state index is 0.363. The molecule has 1 aromatic heterocycles. The summed E-state index contributed by atoms with van der Waals surface area (Å²) in [4.78, 5) is 2.31. The van der Waals surface area contributed by atoms with Crippen molar-refractivity contribution in [3.8, 4) is 0 Å². The molecule has 0 aliphatic carbocycles. The monoisotopic (exact) mass is 441 g/mol. The first kappa shape index (κ1) is 18.1. The van der Waals surface area contributed by atoms with E-state index >= 15 is 0 Å². The third-order valence-electron chi connectivity index (χ3n) is 4.77. The Bertz CT molecular complexity index is 942. The van der Waals surface area contributed by atoms with E-state index in [4.69, 9.17) is 12.2 Å². The van der Waals surface area contributed by atoms with Crippen LogP contribution in [0.2, 0.25) is 0 Å². The highest BCUT2D eigenvalue weighted by molar-refractivity contribution is 9.10. The molecule has 0 bridgehead atoms. The minimum Gasteiger partial charge on any atom is -0.360 e. The molecule has 1 saturated heterocycles. The first-order chi connectivity index (χ1) is 13.2. The number of thiocarbonyl (C=S) groups is 1. The van der Waals surface area contributed by atoms with Gasteiger partial charge < -0.3 is 15.5 Å². The number of aromatic nitrogens is 2. The highest BCUT2D eigenvalue weighted by Crippen LogP contribution is 2.28. The van der Waals surface area contributed by atoms with E-state index in [0.717, 1.165) is 52.7 Å². The number of fused-ring (bicyclic) bond motifs is 1. The van der Waals surface area contributed by atoms with Gasteiger partial charge in [0.25, 0.3) is 0 Å². The Morgan fingerprint density at radius 3 is 2.67 bits per heavy atom. The molecule has 4 rings (SSSR count).